The third kappa shape index (κ3) is 2.77. The number of piperidine rings is 1. The van der Waals surface area contributed by atoms with E-state index in [2.05, 4.69) is 9.88 Å². The van der Waals surface area contributed by atoms with Crippen LogP contribution in [0.1, 0.15) is 35.3 Å². The number of nitrogens with two attached hydrogens (primary N) is 1. The number of carbonyl (C=O) groups excluding carboxylic acids is 1. The lowest BCUT2D eigenvalue weighted by molar-refractivity contribution is 0.0996. The van der Waals surface area contributed by atoms with E-state index < -0.39 is 5.91 Å². The molecule has 2 aromatic rings. The summed E-state index contributed by atoms with van der Waals surface area (Å²) in [6.45, 7) is 3.78. The highest BCUT2D eigenvalue weighted by molar-refractivity contribution is 5.96. The predicted molar refractivity (Wildman–Crippen MR) is 81.3 cm³/mol. The molecule has 1 aliphatic rings. The van der Waals surface area contributed by atoms with Crippen molar-refractivity contribution in [2.75, 3.05) is 18.0 Å². The maximum atomic E-state index is 11.6. The lowest BCUT2D eigenvalue weighted by Crippen LogP contribution is -2.31. The molecule has 2 N–H and O–H groups in total. The molecule has 0 unspecified atom stereocenters. The molecule has 0 atom stereocenters. The predicted octanol–water partition coefficient (Wildman–Crippen LogP) is 2.74. The number of anilines is 1. The Morgan fingerprint density at radius 1 is 1.19 bits per heavy atom. The lowest BCUT2D eigenvalue weighted by atomic mass is 10.1. The van der Waals surface area contributed by atoms with Crippen molar-refractivity contribution in [1.29, 1.82) is 0 Å². The number of hydrogen-bond donors (Lipinski definition) is 1. The van der Waals surface area contributed by atoms with Gasteiger partial charge in [-0.15, -0.1) is 0 Å². The highest BCUT2D eigenvalue weighted by Gasteiger charge is 2.24. The smallest absolute Gasteiger partial charge is 0.273 e. The second kappa shape index (κ2) is 5.60. The molecule has 5 heteroatoms. The number of rotatable bonds is 3. The molecule has 1 aromatic carbocycles. The van der Waals surface area contributed by atoms with Crippen molar-refractivity contribution in [3.05, 3.63) is 35.5 Å². The number of oxazole rings is 1. The van der Waals surface area contributed by atoms with Gasteiger partial charge in [0.25, 0.3) is 5.91 Å². The summed E-state index contributed by atoms with van der Waals surface area (Å²) < 4.78 is 5.86. The van der Waals surface area contributed by atoms with Crippen LogP contribution in [0.5, 0.6) is 0 Å². The topological polar surface area (TPSA) is 72.4 Å². The van der Waals surface area contributed by atoms with Crippen LogP contribution < -0.4 is 10.6 Å². The molecule has 1 aliphatic heterocycles. The van der Waals surface area contributed by atoms with Crippen LogP contribution in [-0.4, -0.2) is 24.0 Å². The molecule has 0 aliphatic carbocycles. The summed E-state index contributed by atoms with van der Waals surface area (Å²) in [5.74, 6) is 0.417. The van der Waals surface area contributed by atoms with Crippen LogP contribution in [-0.2, 0) is 0 Å². The first-order valence-electron chi connectivity index (χ1n) is 7.28. The van der Waals surface area contributed by atoms with Crippen LogP contribution in [0, 0.1) is 6.92 Å². The highest BCUT2D eigenvalue weighted by Crippen LogP contribution is 2.30. The molecule has 1 amide bonds. The first-order valence-corrected chi connectivity index (χ1v) is 7.28. The van der Waals surface area contributed by atoms with Gasteiger partial charge in [-0.2, -0.15) is 0 Å². The van der Waals surface area contributed by atoms with Gasteiger partial charge in [0.15, 0.2) is 5.69 Å². The Hall–Kier alpha value is -2.30. The first kappa shape index (κ1) is 13.7. The Morgan fingerprint density at radius 2 is 1.86 bits per heavy atom. The summed E-state index contributed by atoms with van der Waals surface area (Å²) in [7, 11) is 0. The van der Waals surface area contributed by atoms with Crippen LogP contribution in [0.15, 0.2) is 28.7 Å². The van der Waals surface area contributed by atoms with E-state index in [0.29, 0.717) is 11.8 Å². The highest BCUT2D eigenvalue weighted by atomic mass is 16.4. The Labute approximate surface area is 123 Å². The zero-order valence-corrected chi connectivity index (χ0v) is 12.1. The number of hydrogen-bond acceptors (Lipinski definition) is 4. The van der Waals surface area contributed by atoms with Gasteiger partial charge >= 0.3 is 0 Å². The zero-order valence-electron chi connectivity index (χ0n) is 12.1. The molecule has 2 heterocycles. The molecule has 110 valence electrons. The number of aryl methyl sites for hydroxylation is 1. The number of benzene rings is 1. The summed E-state index contributed by atoms with van der Waals surface area (Å²) in [5, 5.41) is 0. The molecule has 5 nitrogen and oxygen atoms in total. The SMILES string of the molecule is Cc1ccc(-c2nc(C(N)=O)c(N3CCCCC3)o2)cc1. The molecule has 21 heavy (non-hydrogen) atoms. The maximum absolute atomic E-state index is 11.6. The summed E-state index contributed by atoms with van der Waals surface area (Å²) in [4.78, 5) is 18.0. The minimum Gasteiger partial charge on any atom is -0.420 e. The zero-order chi connectivity index (χ0) is 14.8. The van der Waals surface area contributed by atoms with Crippen molar-refractivity contribution in [2.45, 2.75) is 26.2 Å². The minimum absolute atomic E-state index is 0.229. The average Bonchev–Trinajstić information content (AvgIpc) is 2.94. The molecule has 3 rings (SSSR count). The van der Waals surface area contributed by atoms with Gasteiger partial charge in [0.05, 0.1) is 0 Å². The summed E-state index contributed by atoms with van der Waals surface area (Å²) in [5.41, 5.74) is 7.69. The van der Waals surface area contributed by atoms with Gasteiger partial charge in [-0.3, -0.25) is 4.79 Å². The first-order chi connectivity index (χ1) is 10.1. The molecule has 0 radical (unpaired) electrons. The fraction of sp³-hybridized carbons (Fsp3) is 0.375. The van der Waals surface area contributed by atoms with Crippen molar-refractivity contribution in [3.63, 3.8) is 0 Å². The van der Waals surface area contributed by atoms with E-state index in [-0.39, 0.29) is 5.69 Å². The van der Waals surface area contributed by atoms with E-state index in [4.69, 9.17) is 10.2 Å². The number of nitrogens with zero attached hydrogens (tertiary/aromatic N) is 2. The molecular formula is C16H19N3O2. The van der Waals surface area contributed by atoms with Crippen LogP contribution in [0.3, 0.4) is 0 Å². The quantitative estimate of drug-likeness (QED) is 0.941. The maximum Gasteiger partial charge on any atom is 0.273 e. The molecule has 0 saturated carbocycles. The van der Waals surface area contributed by atoms with Crippen LogP contribution in [0.4, 0.5) is 5.88 Å². The van der Waals surface area contributed by atoms with E-state index in [1.807, 2.05) is 31.2 Å². The fourth-order valence-corrected chi connectivity index (χ4v) is 2.60. The molecular weight excluding hydrogens is 266 g/mol. The van der Waals surface area contributed by atoms with Gasteiger partial charge in [-0.05, 0) is 38.3 Å². The Morgan fingerprint density at radius 3 is 2.48 bits per heavy atom. The van der Waals surface area contributed by atoms with E-state index >= 15 is 0 Å². The summed E-state index contributed by atoms with van der Waals surface area (Å²) in [6.07, 6.45) is 3.40. The third-order valence-electron chi connectivity index (χ3n) is 3.78. The van der Waals surface area contributed by atoms with Crippen molar-refractivity contribution in [3.8, 4) is 11.5 Å². The second-order valence-corrected chi connectivity index (χ2v) is 5.45. The average molecular weight is 285 g/mol. The monoisotopic (exact) mass is 285 g/mol. The van der Waals surface area contributed by atoms with Crippen molar-refractivity contribution in [1.82, 2.24) is 4.98 Å². The van der Waals surface area contributed by atoms with E-state index in [1.54, 1.807) is 0 Å². The van der Waals surface area contributed by atoms with Gasteiger partial charge in [0.2, 0.25) is 11.8 Å². The standard InChI is InChI=1S/C16H19N3O2/c1-11-5-7-12(8-6-11)15-18-13(14(17)20)16(21-15)19-9-3-2-4-10-19/h5-8H,2-4,9-10H2,1H3,(H2,17,20). The van der Waals surface area contributed by atoms with Gasteiger partial charge in [0.1, 0.15) is 0 Å². The van der Waals surface area contributed by atoms with Gasteiger partial charge in [-0.25, -0.2) is 4.98 Å². The van der Waals surface area contributed by atoms with Crippen molar-refractivity contribution in [2.24, 2.45) is 5.73 Å². The fourth-order valence-electron chi connectivity index (χ4n) is 2.60. The minimum atomic E-state index is -0.544. The third-order valence-corrected chi connectivity index (χ3v) is 3.78. The van der Waals surface area contributed by atoms with Gasteiger partial charge in [-0.1, -0.05) is 17.7 Å². The second-order valence-electron chi connectivity index (χ2n) is 5.45. The number of amides is 1. The van der Waals surface area contributed by atoms with Crippen LogP contribution >= 0.6 is 0 Å². The molecule has 1 saturated heterocycles. The van der Waals surface area contributed by atoms with E-state index in [1.165, 1.54) is 6.42 Å². The largest absolute Gasteiger partial charge is 0.420 e. The normalized spacial score (nSPS) is 15.2. The molecule has 1 aromatic heterocycles. The van der Waals surface area contributed by atoms with Gasteiger partial charge in [0, 0.05) is 18.7 Å². The summed E-state index contributed by atoms with van der Waals surface area (Å²) >= 11 is 0. The van der Waals surface area contributed by atoms with Crippen LogP contribution in [0.2, 0.25) is 0 Å². The Kier molecular flexibility index (Phi) is 3.64. The Balaban J connectivity index is 1.99. The molecule has 0 spiro atoms. The Bertz CT molecular complexity index is 640. The molecule has 1 fully saturated rings. The number of carbonyl (C=O) groups is 1. The summed E-state index contributed by atoms with van der Waals surface area (Å²) in [6, 6.07) is 7.85. The van der Waals surface area contributed by atoms with Crippen molar-refractivity contribution < 1.29 is 9.21 Å². The number of aromatic nitrogens is 1. The molecule has 0 bridgehead atoms. The number of primary amides is 1. The van der Waals surface area contributed by atoms with E-state index in [0.717, 1.165) is 37.1 Å². The van der Waals surface area contributed by atoms with E-state index in [9.17, 15) is 4.79 Å². The van der Waals surface area contributed by atoms with Crippen molar-refractivity contribution >= 4 is 11.8 Å². The lowest BCUT2D eigenvalue weighted by Gasteiger charge is -2.26. The van der Waals surface area contributed by atoms with Crippen LogP contribution in [0.25, 0.3) is 11.5 Å². The van der Waals surface area contributed by atoms with Gasteiger partial charge < -0.3 is 15.1 Å².